The third-order valence-corrected chi connectivity index (χ3v) is 4.19. The molecule has 0 bridgehead atoms. The molecule has 4 aromatic rings. The molecule has 4 rings (SSSR count). The monoisotopic (exact) mass is 380 g/mol. The Kier molecular flexibility index (Phi) is 10.0. The lowest BCUT2D eigenvalue weighted by Crippen LogP contribution is -1.92. The van der Waals surface area contributed by atoms with E-state index < -0.39 is 0 Å². The van der Waals surface area contributed by atoms with Crippen LogP contribution in [0.15, 0.2) is 55.1 Å². The second-order valence-electron chi connectivity index (χ2n) is 6.62. The average molecular weight is 381 g/mol. The second-order valence-corrected chi connectivity index (χ2v) is 6.62. The van der Waals surface area contributed by atoms with Crippen LogP contribution in [0.1, 0.15) is 78.4 Å². The Morgan fingerprint density at radius 2 is 1.57 bits per heavy atom. The molecule has 152 valence electrons. The summed E-state index contributed by atoms with van der Waals surface area (Å²) in [5, 5.41) is 5.42. The van der Waals surface area contributed by atoms with E-state index in [9.17, 15) is 0 Å². The standard InChI is InChI=1S/2C10H12N2.2C2H6/c1-8(2)9-3-4-10-5-6-11-12(10)7-9;1-7(2)9-6-12-10-8(9)4-3-5-11-10;2*1-2/h3-8H,1-2H3;3-7H,1-2H3,(H,11,12);2*1-2H3. The van der Waals surface area contributed by atoms with E-state index in [4.69, 9.17) is 0 Å². The van der Waals surface area contributed by atoms with Crippen LogP contribution in [0.2, 0.25) is 0 Å². The van der Waals surface area contributed by atoms with Crippen molar-refractivity contribution in [1.29, 1.82) is 0 Å². The second kappa shape index (κ2) is 12.0. The Hall–Kier alpha value is -2.62. The summed E-state index contributed by atoms with van der Waals surface area (Å²) in [7, 11) is 0. The van der Waals surface area contributed by atoms with E-state index in [0.29, 0.717) is 11.8 Å². The lowest BCUT2D eigenvalue weighted by atomic mass is 10.0. The molecular weight excluding hydrogens is 344 g/mol. The zero-order valence-corrected chi connectivity index (χ0v) is 18.7. The van der Waals surface area contributed by atoms with Gasteiger partial charge in [-0.2, -0.15) is 5.10 Å². The molecule has 0 radical (unpaired) electrons. The van der Waals surface area contributed by atoms with Gasteiger partial charge in [0.2, 0.25) is 0 Å². The van der Waals surface area contributed by atoms with Crippen LogP contribution in [0.4, 0.5) is 0 Å². The Morgan fingerprint density at radius 3 is 2.21 bits per heavy atom. The summed E-state index contributed by atoms with van der Waals surface area (Å²) in [6.07, 6.45) is 7.75. The van der Waals surface area contributed by atoms with Crippen LogP contribution >= 0.6 is 0 Å². The number of fused-ring (bicyclic) bond motifs is 2. The number of pyridine rings is 2. The van der Waals surface area contributed by atoms with Crippen LogP contribution in [0.3, 0.4) is 0 Å². The van der Waals surface area contributed by atoms with Gasteiger partial charge in [-0.3, -0.25) is 0 Å². The Morgan fingerprint density at radius 1 is 0.857 bits per heavy atom. The van der Waals surface area contributed by atoms with E-state index in [1.807, 2.05) is 62.9 Å². The van der Waals surface area contributed by atoms with Gasteiger partial charge < -0.3 is 4.98 Å². The fraction of sp³-hybridized carbons (Fsp3) is 0.417. The van der Waals surface area contributed by atoms with Crippen molar-refractivity contribution >= 4 is 16.6 Å². The van der Waals surface area contributed by atoms with E-state index >= 15 is 0 Å². The van der Waals surface area contributed by atoms with Crippen molar-refractivity contribution in [3.8, 4) is 0 Å². The third kappa shape index (κ3) is 5.95. The first-order chi connectivity index (χ1) is 13.6. The van der Waals surface area contributed by atoms with E-state index in [0.717, 1.165) is 11.2 Å². The lowest BCUT2D eigenvalue weighted by molar-refractivity contribution is 0.835. The Balaban J connectivity index is 0.000000238. The predicted octanol–water partition coefficient (Wildman–Crippen LogP) is 7.20. The van der Waals surface area contributed by atoms with Crippen LogP contribution in [-0.2, 0) is 0 Å². The van der Waals surface area contributed by atoms with E-state index in [-0.39, 0.29) is 0 Å². The number of nitrogens with one attached hydrogen (secondary N) is 1. The van der Waals surface area contributed by atoms with Gasteiger partial charge in [-0.15, -0.1) is 0 Å². The molecule has 0 spiro atoms. The topological polar surface area (TPSA) is 46.0 Å². The fourth-order valence-corrected chi connectivity index (χ4v) is 2.73. The molecule has 0 fully saturated rings. The van der Waals surface area contributed by atoms with Crippen LogP contribution in [0.5, 0.6) is 0 Å². The Labute approximate surface area is 170 Å². The normalized spacial score (nSPS) is 10.1. The number of rotatable bonds is 2. The fourth-order valence-electron chi connectivity index (χ4n) is 2.73. The molecule has 0 aliphatic carbocycles. The zero-order chi connectivity index (χ0) is 21.1. The molecule has 0 aliphatic rings. The highest BCUT2D eigenvalue weighted by atomic mass is 15.2. The van der Waals surface area contributed by atoms with Crippen molar-refractivity contribution in [2.45, 2.75) is 67.2 Å². The van der Waals surface area contributed by atoms with E-state index in [1.165, 1.54) is 16.5 Å². The van der Waals surface area contributed by atoms with Gasteiger partial charge in [-0.25, -0.2) is 9.50 Å². The number of aromatic nitrogens is 4. The van der Waals surface area contributed by atoms with Gasteiger partial charge in [0.1, 0.15) is 5.65 Å². The van der Waals surface area contributed by atoms with Crippen molar-refractivity contribution < 1.29 is 0 Å². The highest BCUT2D eigenvalue weighted by Gasteiger charge is 2.06. The van der Waals surface area contributed by atoms with Crippen LogP contribution < -0.4 is 0 Å². The van der Waals surface area contributed by atoms with Gasteiger partial charge in [0.05, 0.1) is 5.52 Å². The first-order valence-electron chi connectivity index (χ1n) is 10.4. The molecule has 4 heteroatoms. The van der Waals surface area contributed by atoms with Crippen LogP contribution in [0.25, 0.3) is 16.6 Å². The number of hydrogen-bond donors (Lipinski definition) is 1. The highest BCUT2D eigenvalue weighted by Crippen LogP contribution is 2.23. The zero-order valence-electron chi connectivity index (χ0n) is 18.7. The van der Waals surface area contributed by atoms with Crippen molar-refractivity contribution in [1.82, 2.24) is 19.6 Å². The molecule has 0 amide bonds. The minimum atomic E-state index is 0.558. The maximum absolute atomic E-state index is 4.23. The van der Waals surface area contributed by atoms with Gasteiger partial charge in [0, 0.05) is 30.2 Å². The molecule has 28 heavy (non-hydrogen) atoms. The number of nitrogens with zero attached hydrogens (tertiary/aromatic N) is 3. The molecule has 0 atom stereocenters. The van der Waals surface area contributed by atoms with Gasteiger partial charge in [0.25, 0.3) is 0 Å². The van der Waals surface area contributed by atoms with Gasteiger partial charge >= 0.3 is 0 Å². The highest BCUT2D eigenvalue weighted by molar-refractivity contribution is 5.79. The summed E-state index contributed by atoms with van der Waals surface area (Å²) >= 11 is 0. The van der Waals surface area contributed by atoms with Crippen molar-refractivity contribution in [3.63, 3.8) is 0 Å². The smallest absolute Gasteiger partial charge is 0.137 e. The minimum absolute atomic E-state index is 0.558. The summed E-state index contributed by atoms with van der Waals surface area (Å²) in [6.45, 7) is 16.8. The van der Waals surface area contributed by atoms with Gasteiger partial charge in [-0.1, -0.05) is 61.5 Å². The van der Waals surface area contributed by atoms with Crippen LogP contribution in [0, 0.1) is 0 Å². The first kappa shape index (κ1) is 23.4. The summed E-state index contributed by atoms with van der Waals surface area (Å²) in [5.74, 6) is 1.13. The molecule has 1 N–H and O–H groups in total. The average Bonchev–Trinajstić information content (AvgIpc) is 3.37. The van der Waals surface area contributed by atoms with E-state index in [1.54, 1.807) is 0 Å². The molecule has 4 heterocycles. The number of aromatic amines is 1. The molecule has 4 aromatic heterocycles. The lowest BCUT2D eigenvalue weighted by Gasteiger charge is -2.04. The molecule has 0 saturated carbocycles. The number of H-pyrrole nitrogens is 1. The summed E-state index contributed by atoms with van der Waals surface area (Å²) in [6, 6.07) is 10.3. The Bertz CT molecular complexity index is 932. The predicted molar refractivity (Wildman–Crippen MR) is 122 cm³/mol. The maximum atomic E-state index is 4.23. The molecule has 4 nitrogen and oxygen atoms in total. The molecular formula is C24H36N4. The first-order valence-corrected chi connectivity index (χ1v) is 10.4. The van der Waals surface area contributed by atoms with Crippen molar-refractivity contribution in [3.05, 3.63) is 66.2 Å². The molecule has 0 aromatic carbocycles. The summed E-state index contributed by atoms with van der Waals surface area (Å²) in [4.78, 5) is 7.39. The van der Waals surface area contributed by atoms with Crippen molar-refractivity contribution in [2.24, 2.45) is 0 Å². The summed E-state index contributed by atoms with van der Waals surface area (Å²) < 4.78 is 1.91. The van der Waals surface area contributed by atoms with Crippen molar-refractivity contribution in [2.75, 3.05) is 0 Å². The van der Waals surface area contributed by atoms with Gasteiger partial charge in [0.15, 0.2) is 0 Å². The quantitative estimate of drug-likeness (QED) is 0.400. The third-order valence-electron chi connectivity index (χ3n) is 4.19. The number of hydrogen-bond acceptors (Lipinski definition) is 2. The van der Waals surface area contributed by atoms with Gasteiger partial charge in [-0.05, 0) is 47.2 Å². The summed E-state index contributed by atoms with van der Waals surface area (Å²) in [5.41, 5.74) is 4.81. The van der Waals surface area contributed by atoms with Crippen LogP contribution in [-0.4, -0.2) is 19.6 Å². The molecule has 0 unspecified atom stereocenters. The molecule has 0 aliphatic heterocycles. The van der Waals surface area contributed by atoms with E-state index in [2.05, 4.69) is 67.2 Å². The largest absolute Gasteiger partial charge is 0.346 e. The SMILES string of the molecule is CC.CC.CC(C)c1c[nH]c2ncccc12.CC(C)c1ccc2ccnn2c1. The molecule has 0 saturated heterocycles. The maximum Gasteiger partial charge on any atom is 0.137 e. The minimum Gasteiger partial charge on any atom is -0.346 e.